The van der Waals surface area contributed by atoms with Gasteiger partial charge in [0.1, 0.15) is 5.75 Å². The zero-order chi connectivity index (χ0) is 21.2. The number of Topliss-reactive ketones (excluding diaryl/α,β-unsaturated/α-hetero) is 1. The van der Waals surface area contributed by atoms with Gasteiger partial charge in [-0.15, -0.1) is 0 Å². The summed E-state index contributed by atoms with van der Waals surface area (Å²) in [7, 11) is 1.47. The molecule has 0 unspecified atom stereocenters. The number of fused-ring (bicyclic) bond motifs is 5. The van der Waals surface area contributed by atoms with Gasteiger partial charge in [0.05, 0.1) is 36.7 Å². The Morgan fingerprint density at radius 3 is 2.53 bits per heavy atom. The van der Waals surface area contributed by atoms with Crippen molar-refractivity contribution >= 4 is 41.0 Å². The Morgan fingerprint density at radius 2 is 1.80 bits per heavy atom. The molecule has 2 fully saturated rings. The van der Waals surface area contributed by atoms with E-state index in [-0.39, 0.29) is 17.7 Å². The SMILES string of the molecule is COc1ccc(Cl)cc1N1C(=O)[C@@H]2[C@H](C1=O)[C@H]1c3ccccc3C=CN1[C@H]2C(C)=O. The van der Waals surface area contributed by atoms with Gasteiger partial charge < -0.3 is 9.64 Å². The van der Waals surface area contributed by atoms with Gasteiger partial charge in [0.2, 0.25) is 11.8 Å². The first-order valence-electron chi connectivity index (χ1n) is 9.70. The molecule has 3 aliphatic rings. The third kappa shape index (κ3) is 2.46. The van der Waals surface area contributed by atoms with Crippen LogP contribution < -0.4 is 9.64 Å². The lowest BCUT2D eigenvalue weighted by molar-refractivity contribution is -0.129. The lowest BCUT2D eigenvalue weighted by atomic mass is 9.84. The number of rotatable bonds is 3. The Morgan fingerprint density at radius 1 is 1.07 bits per heavy atom. The summed E-state index contributed by atoms with van der Waals surface area (Å²) in [5.41, 5.74) is 2.24. The molecular weight excluding hydrogens is 404 g/mol. The number of imide groups is 1. The van der Waals surface area contributed by atoms with Crippen molar-refractivity contribution in [2.75, 3.05) is 12.0 Å². The fraction of sp³-hybridized carbons (Fsp3) is 0.261. The number of ether oxygens (including phenoxy) is 1. The summed E-state index contributed by atoms with van der Waals surface area (Å²) >= 11 is 6.15. The minimum absolute atomic E-state index is 0.141. The maximum absolute atomic E-state index is 13.7. The highest BCUT2D eigenvalue weighted by Gasteiger charge is 2.64. The van der Waals surface area contributed by atoms with Crippen LogP contribution in [-0.4, -0.2) is 35.6 Å². The number of hydrogen-bond donors (Lipinski definition) is 0. The Hall–Kier alpha value is -3.12. The molecule has 30 heavy (non-hydrogen) atoms. The highest BCUT2D eigenvalue weighted by molar-refractivity contribution is 6.31. The second-order valence-corrected chi connectivity index (χ2v) is 8.21. The summed E-state index contributed by atoms with van der Waals surface area (Å²) in [6.45, 7) is 1.47. The van der Waals surface area contributed by atoms with Crippen molar-refractivity contribution in [1.29, 1.82) is 0 Å². The van der Waals surface area contributed by atoms with E-state index < -0.39 is 23.8 Å². The molecule has 7 heteroatoms. The van der Waals surface area contributed by atoms with Crippen LogP contribution in [0.15, 0.2) is 48.7 Å². The van der Waals surface area contributed by atoms with Gasteiger partial charge in [0.15, 0.2) is 5.78 Å². The first-order valence-corrected chi connectivity index (χ1v) is 10.1. The van der Waals surface area contributed by atoms with Crippen LogP contribution in [0.3, 0.4) is 0 Å². The van der Waals surface area contributed by atoms with Crippen LogP contribution in [0.5, 0.6) is 5.75 Å². The van der Waals surface area contributed by atoms with E-state index in [9.17, 15) is 14.4 Å². The van der Waals surface area contributed by atoms with E-state index in [0.29, 0.717) is 16.5 Å². The van der Waals surface area contributed by atoms with Gasteiger partial charge in [0.25, 0.3) is 0 Å². The molecule has 5 rings (SSSR count). The Balaban J connectivity index is 1.67. The molecule has 0 radical (unpaired) electrons. The summed E-state index contributed by atoms with van der Waals surface area (Å²) in [5, 5.41) is 0.388. The standard InChI is InChI=1S/C23H19ClN2O4/c1-12(27)20-18-19(21-15-6-4-3-5-13(15)9-10-25(20)21)23(29)26(22(18)28)16-11-14(24)7-8-17(16)30-2/h3-11,18-21H,1-2H3/t18-,19+,20+,21-/m1/s1. The normalized spacial score (nSPS) is 26.5. The molecular formula is C23H19ClN2O4. The fourth-order valence-corrected chi connectivity index (χ4v) is 5.26. The predicted molar refractivity (Wildman–Crippen MR) is 112 cm³/mol. The number of amides is 2. The van der Waals surface area contributed by atoms with E-state index in [1.807, 2.05) is 41.4 Å². The van der Waals surface area contributed by atoms with Gasteiger partial charge in [-0.05, 0) is 42.3 Å². The number of ketones is 1. The largest absolute Gasteiger partial charge is 0.495 e. The smallest absolute Gasteiger partial charge is 0.240 e. The molecule has 6 nitrogen and oxygen atoms in total. The van der Waals surface area contributed by atoms with Gasteiger partial charge in [0, 0.05) is 11.2 Å². The van der Waals surface area contributed by atoms with E-state index in [1.165, 1.54) is 14.0 Å². The average molecular weight is 423 g/mol. The highest BCUT2D eigenvalue weighted by atomic mass is 35.5. The number of nitrogens with zero attached hydrogens (tertiary/aromatic N) is 2. The molecule has 0 bridgehead atoms. The van der Waals surface area contributed by atoms with E-state index in [4.69, 9.17) is 16.3 Å². The molecule has 3 heterocycles. The van der Waals surface area contributed by atoms with Crippen LogP contribution in [0.25, 0.3) is 6.08 Å². The van der Waals surface area contributed by atoms with E-state index in [1.54, 1.807) is 18.2 Å². The lowest BCUT2D eigenvalue weighted by Gasteiger charge is -2.35. The van der Waals surface area contributed by atoms with Gasteiger partial charge in [-0.2, -0.15) is 0 Å². The number of hydrogen-bond acceptors (Lipinski definition) is 5. The molecule has 3 aliphatic heterocycles. The number of anilines is 1. The average Bonchev–Trinajstić information content (AvgIpc) is 3.21. The Kier molecular flexibility index (Phi) is 4.22. The van der Waals surface area contributed by atoms with E-state index >= 15 is 0 Å². The number of carbonyl (C=O) groups excluding carboxylic acids is 3. The molecule has 0 saturated carbocycles. The molecule has 4 atom stereocenters. The first kappa shape index (κ1) is 18.9. The molecule has 0 spiro atoms. The van der Waals surface area contributed by atoms with Crippen molar-refractivity contribution in [2.24, 2.45) is 11.8 Å². The van der Waals surface area contributed by atoms with Gasteiger partial charge >= 0.3 is 0 Å². The van der Waals surface area contributed by atoms with Crippen molar-refractivity contribution < 1.29 is 19.1 Å². The topological polar surface area (TPSA) is 66.9 Å². The van der Waals surface area contributed by atoms with Crippen LogP contribution in [-0.2, 0) is 14.4 Å². The highest BCUT2D eigenvalue weighted by Crippen LogP contribution is 2.54. The third-order valence-corrected chi connectivity index (χ3v) is 6.49. The van der Waals surface area contributed by atoms with Crippen LogP contribution in [0.4, 0.5) is 5.69 Å². The predicted octanol–water partition coefficient (Wildman–Crippen LogP) is 3.45. The molecule has 0 aromatic heterocycles. The van der Waals surface area contributed by atoms with Crippen LogP contribution >= 0.6 is 11.6 Å². The first-order chi connectivity index (χ1) is 14.4. The lowest BCUT2D eigenvalue weighted by Crippen LogP contribution is -2.43. The summed E-state index contributed by atoms with van der Waals surface area (Å²) < 4.78 is 5.38. The summed E-state index contributed by atoms with van der Waals surface area (Å²) in [5.74, 6) is -1.93. The molecule has 2 aromatic rings. The second-order valence-electron chi connectivity index (χ2n) is 7.77. The maximum Gasteiger partial charge on any atom is 0.240 e. The quantitative estimate of drug-likeness (QED) is 0.709. The van der Waals surface area contributed by atoms with Crippen LogP contribution in [0, 0.1) is 11.8 Å². The van der Waals surface area contributed by atoms with Crippen LogP contribution in [0.2, 0.25) is 5.02 Å². The molecule has 0 N–H and O–H groups in total. The molecule has 2 amide bonds. The maximum atomic E-state index is 13.7. The molecule has 152 valence electrons. The minimum atomic E-state index is -0.764. The number of benzene rings is 2. The van der Waals surface area contributed by atoms with Gasteiger partial charge in [-0.3, -0.25) is 14.4 Å². The Bertz CT molecular complexity index is 1130. The number of halogens is 1. The van der Waals surface area contributed by atoms with Crippen molar-refractivity contribution in [3.63, 3.8) is 0 Å². The number of methoxy groups -OCH3 is 1. The van der Waals surface area contributed by atoms with Crippen molar-refractivity contribution in [2.45, 2.75) is 19.0 Å². The van der Waals surface area contributed by atoms with E-state index in [2.05, 4.69) is 0 Å². The van der Waals surface area contributed by atoms with Crippen molar-refractivity contribution in [3.8, 4) is 5.75 Å². The third-order valence-electron chi connectivity index (χ3n) is 6.26. The van der Waals surface area contributed by atoms with Crippen molar-refractivity contribution in [3.05, 3.63) is 64.8 Å². The van der Waals surface area contributed by atoms with Crippen molar-refractivity contribution in [1.82, 2.24) is 4.90 Å². The summed E-state index contributed by atoms with van der Waals surface area (Å²) in [4.78, 5) is 42.9. The monoisotopic (exact) mass is 422 g/mol. The summed E-state index contributed by atoms with van der Waals surface area (Å²) in [6, 6.07) is 11.5. The minimum Gasteiger partial charge on any atom is -0.495 e. The zero-order valence-corrected chi connectivity index (χ0v) is 17.2. The van der Waals surface area contributed by atoms with Gasteiger partial charge in [-0.1, -0.05) is 35.9 Å². The zero-order valence-electron chi connectivity index (χ0n) is 16.4. The summed E-state index contributed by atoms with van der Waals surface area (Å²) in [6.07, 6.45) is 3.76. The fourth-order valence-electron chi connectivity index (χ4n) is 5.10. The number of carbonyl (C=O) groups is 3. The molecule has 2 aromatic carbocycles. The molecule has 0 aliphatic carbocycles. The second kappa shape index (κ2) is 6.71. The molecule has 2 saturated heterocycles. The van der Waals surface area contributed by atoms with Gasteiger partial charge in [-0.25, -0.2) is 4.90 Å². The Labute approximate surface area is 178 Å². The van der Waals surface area contributed by atoms with Crippen LogP contribution in [0.1, 0.15) is 24.1 Å². The van der Waals surface area contributed by atoms with E-state index in [0.717, 1.165) is 16.0 Å².